The Morgan fingerprint density at radius 3 is 2.11 bits per heavy atom. The Hall–Kier alpha value is -1.85. The van der Waals surface area contributed by atoms with Crippen molar-refractivity contribution < 1.29 is 28.6 Å². The van der Waals surface area contributed by atoms with Crippen molar-refractivity contribution in [1.82, 2.24) is 0 Å². The fraction of sp³-hybridized carbons (Fsp3) is 0.615. The highest BCUT2D eigenvalue weighted by molar-refractivity contribution is 5.68. The van der Waals surface area contributed by atoms with Crippen molar-refractivity contribution in [2.45, 2.75) is 39.4 Å². The van der Waals surface area contributed by atoms with Gasteiger partial charge in [0.2, 0.25) is 0 Å². The molecule has 3 atom stereocenters. The summed E-state index contributed by atoms with van der Waals surface area (Å²) in [6.45, 7) is 4.15. The fourth-order valence-corrected chi connectivity index (χ4v) is 1.96. The summed E-state index contributed by atoms with van der Waals surface area (Å²) < 4.78 is 15.1. The average molecular weight is 270 g/mol. The normalized spacial score (nSPS) is 24.9. The summed E-state index contributed by atoms with van der Waals surface area (Å²) in [4.78, 5) is 32.7. The first-order valence-electron chi connectivity index (χ1n) is 6.06. The second kappa shape index (κ2) is 6.92. The van der Waals surface area contributed by atoms with Crippen LogP contribution in [-0.2, 0) is 28.6 Å². The quantitative estimate of drug-likeness (QED) is 0.421. The third kappa shape index (κ3) is 5.11. The van der Waals surface area contributed by atoms with Crippen LogP contribution in [0.15, 0.2) is 12.2 Å². The molecule has 6 nitrogen and oxygen atoms in total. The average Bonchev–Trinajstić information content (AvgIpc) is 2.60. The largest absolute Gasteiger partial charge is 0.466 e. The number of carbonyl (C=O) groups excluding carboxylic acids is 3. The molecule has 0 saturated carbocycles. The monoisotopic (exact) mass is 270 g/mol. The molecule has 0 N–H and O–H groups in total. The van der Waals surface area contributed by atoms with Crippen LogP contribution in [0.4, 0.5) is 0 Å². The van der Waals surface area contributed by atoms with Gasteiger partial charge in [0.1, 0.15) is 6.10 Å². The zero-order valence-electron chi connectivity index (χ0n) is 11.3. The molecule has 106 valence electrons. The maximum Gasteiger partial charge on any atom is 0.303 e. The van der Waals surface area contributed by atoms with Crippen molar-refractivity contribution in [3.8, 4) is 0 Å². The molecule has 0 aromatic rings. The minimum Gasteiger partial charge on any atom is -0.466 e. The molecule has 0 fully saturated rings. The number of rotatable bonds is 5. The van der Waals surface area contributed by atoms with Gasteiger partial charge in [-0.3, -0.25) is 14.4 Å². The van der Waals surface area contributed by atoms with Crippen molar-refractivity contribution in [2.24, 2.45) is 5.92 Å². The van der Waals surface area contributed by atoms with Crippen molar-refractivity contribution >= 4 is 17.9 Å². The van der Waals surface area contributed by atoms with Crippen LogP contribution in [0.5, 0.6) is 0 Å². The van der Waals surface area contributed by atoms with Crippen LogP contribution in [-0.4, -0.2) is 36.7 Å². The van der Waals surface area contributed by atoms with Crippen molar-refractivity contribution in [3.63, 3.8) is 0 Å². The topological polar surface area (TPSA) is 78.9 Å². The molecule has 0 radical (unpaired) electrons. The number of esters is 3. The molecule has 0 aromatic carbocycles. The smallest absolute Gasteiger partial charge is 0.303 e. The van der Waals surface area contributed by atoms with E-state index >= 15 is 0 Å². The minimum absolute atomic E-state index is 0.132. The lowest BCUT2D eigenvalue weighted by molar-refractivity contribution is -0.163. The standard InChI is InChI=1S/C13H18O6/c1-8(14)17-7-6-11-4-5-12(18-9(2)15)13(11)19-10(3)16/h4-5,11-13H,6-7H2,1-3H3/t11-,12+,13+/m0/s1. The summed E-state index contributed by atoms with van der Waals surface area (Å²) >= 11 is 0. The molecule has 0 aliphatic heterocycles. The van der Waals surface area contributed by atoms with E-state index in [1.807, 2.05) is 6.08 Å². The Morgan fingerprint density at radius 1 is 0.947 bits per heavy atom. The van der Waals surface area contributed by atoms with Crippen LogP contribution in [0, 0.1) is 5.92 Å². The van der Waals surface area contributed by atoms with Gasteiger partial charge < -0.3 is 14.2 Å². The number of ether oxygens (including phenoxy) is 3. The predicted octanol–water partition coefficient (Wildman–Crippen LogP) is 0.989. The van der Waals surface area contributed by atoms with Crippen LogP contribution in [0.25, 0.3) is 0 Å². The summed E-state index contributed by atoms with van der Waals surface area (Å²) in [5.74, 6) is -1.37. The minimum atomic E-state index is -0.580. The predicted molar refractivity (Wildman–Crippen MR) is 65.0 cm³/mol. The Kier molecular flexibility index (Phi) is 5.54. The summed E-state index contributed by atoms with van der Waals surface area (Å²) in [7, 11) is 0. The van der Waals surface area contributed by atoms with E-state index in [9.17, 15) is 14.4 Å². The first-order valence-corrected chi connectivity index (χ1v) is 6.06. The van der Waals surface area contributed by atoms with Gasteiger partial charge >= 0.3 is 17.9 Å². The van der Waals surface area contributed by atoms with Gasteiger partial charge in [-0.1, -0.05) is 6.08 Å². The van der Waals surface area contributed by atoms with E-state index in [1.54, 1.807) is 6.08 Å². The van der Waals surface area contributed by atoms with Crippen LogP contribution in [0.2, 0.25) is 0 Å². The molecule has 0 heterocycles. The van der Waals surface area contributed by atoms with Crippen LogP contribution in [0.1, 0.15) is 27.2 Å². The third-order valence-electron chi connectivity index (χ3n) is 2.65. The molecule has 0 spiro atoms. The SMILES string of the molecule is CC(=O)OCC[C@@H]1C=C[C@@H](OC(C)=O)[C@@H]1OC(C)=O. The van der Waals surface area contributed by atoms with Gasteiger partial charge in [-0.05, 0) is 12.5 Å². The van der Waals surface area contributed by atoms with Gasteiger partial charge in [0.25, 0.3) is 0 Å². The molecule has 0 amide bonds. The molecular formula is C13H18O6. The lowest BCUT2D eigenvalue weighted by atomic mass is 10.0. The first kappa shape index (κ1) is 15.2. The third-order valence-corrected chi connectivity index (χ3v) is 2.65. The summed E-state index contributed by atoms with van der Waals surface area (Å²) in [6, 6.07) is 0. The molecule has 0 unspecified atom stereocenters. The molecule has 0 saturated heterocycles. The van der Waals surface area contributed by atoms with Gasteiger partial charge in [-0.25, -0.2) is 0 Å². The Bertz CT molecular complexity index is 387. The molecule has 1 aliphatic rings. The van der Waals surface area contributed by atoms with Crippen molar-refractivity contribution in [2.75, 3.05) is 6.61 Å². The molecule has 6 heteroatoms. The van der Waals surface area contributed by atoms with Crippen molar-refractivity contribution in [1.29, 1.82) is 0 Å². The molecule has 1 aliphatic carbocycles. The van der Waals surface area contributed by atoms with Gasteiger partial charge in [0.15, 0.2) is 6.10 Å². The van der Waals surface area contributed by atoms with E-state index in [-0.39, 0.29) is 18.5 Å². The molecule has 0 bridgehead atoms. The van der Waals surface area contributed by atoms with E-state index < -0.39 is 24.1 Å². The molecule has 0 aromatic heterocycles. The zero-order valence-corrected chi connectivity index (χ0v) is 11.3. The second-order valence-electron chi connectivity index (χ2n) is 4.33. The zero-order chi connectivity index (χ0) is 14.4. The molecule has 19 heavy (non-hydrogen) atoms. The lowest BCUT2D eigenvalue weighted by Crippen LogP contribution is -2.35. The number of carbonyl (C=O) groups is 3. The summed E-state index contributed by atoms with van der Waals surface area (Å²) in [5.41, 5.74) is 0. The van der Waals surface area contributed by atoms with Crippen LogP contribution >= 0.6 is 0 Å². The van der Waals surface area contributed by atoms with Crippen LogP contribution < -0.4 is 0 Å². The first-order chi connectivity index (χ1) is 8.90. The molecule has 1 rings (SSSR count). The summed E-state index contributed by atoms with van der Waals surface area (Å²) in [5, 5.41) is 0. The fourth-order valence-electron chi connectivity index (χ4n) is 1.96. The van der Waals surface area contributed by atoms with E-state index in [4.69, 9.17) is 14.2 Å². The van der Waals surface area contributed by atoms with E-state index in [2.05, 4.69) is 0 Å². The Morgan fingerprint density at radius 2 is 1.58 bits per heavy atom. The number of hydrogen-bond acceptors (Lipinski definition) is 6. The highest BCUT2D eigenvalue weighted by Gasteiger charge is 2.36. The second-order valence-corrected chi connectivity index (χ2v) is 4.33. The maximum absolute atomic E-state index is 11.1. The summed E-state index contributed by atoms with van der Waals surface area (Å²) in [6.07, 6.45) is 2.87. The van der Waals surface area contributed by atoms with Gasteiger partial charge in [0, 0.05) is 26.7 Å². The van der Waals surface area contributed by atoms with Gasteiger partial charge in [-0.2, -0.15) is 0 Å². The van der Waals surface area contributed by atoms with Crippen LogP contribution in [0.3, 0.4) is 0 Å². The number of hydrogen-bond donors (Lipinski definition) is 0. The maximum atomic E-state index is 11.1. The van der Waals surface area contributed by atoms with Gasteiger partial charge in [0.05, 0.1) is 6.61 Å². The molecular weight excluding hydrogens is 252 g/mol. The van der Waals surface area contributed by atoms with Gasteiger partial charge in [-0.15, -0.1) is 0 Å². The Balaban J connectivity index is 2.59. The van der Waals surface area contributed by atoms with E-state index in [1.165, 1.54) is 20.8 Å². The highest BCUT2D eigenvalue weighted by atomic mass is 16.6. The Labute approximate surface area is 111 Å². The highest BCUT2D eigenvalue weighted by Crippen LogP contribution is 2.27. The van der Waals surface area contributed by atoms with E-state index in [0.29, 0.717) is 6.42 Å². The van der Waals surface area contributed by atoms with Crippen molar-refractivity contribution in [3.05, 3.63) is 12.2 Å². The van der Waals surface area contributed by atoms with E-state index in [0.717, 1.165) is 0 Å². The lowest BCUT2D eigenvalue weighted by Gasteiger charge is -2.24.